The van der Waals surface area contributed by atoms with Crippen LogP contribution in [0.15, 0.2) is 0 Å². The molecule has 0 bridgehead atoms. The van der Waals surface area contributed by atoms with Crippen molar-refractivity contribution in [2.75, 3.05) is 13.7 Å². The lowest BCUT2D eigenvalue weighted by Gasteiger charge is -2.55. The molecule has 4 heteroatoms. The van der Waals surface area contributed by atoms with E-state index < -0.39 is 0 Å². The van der Waals surface area contributed by atoms with Crippen LogP contribution in [0.25, 0.3) is 0 Å². The summed E-state index contributed by atoms with van der Waals surface area (Å²) >= 11 is 0. The number of hydrogen-bond donors (Lipinski definition) is 1. The highest BCUT2D eigenvalue weighted by Gasteiger charge is 2.57. The lowest BCUT2D eigenvalue weighted by Crippen LogP contribution is -2.66. The van der Waals surface area contributed by atoms with Crippen LogP contribution in [0, 0.1) is 11.3 Å². The first kappa shape index (κ1) is 15.8. The second-order valence-corrected chi connectivity index (χ2v) is 6.58. The van der Waals surface area contributed by atoms with E-state index in [0.29, 0.717) is 12.1 Å². The van der Waals surface area contributed by atoms with Gasteiger partial charge in [0, 0.05) is 18.1 Å². The van der Waals surface area contributed by atoms with Crippen molar-refractivity contribution in [3.63, 3.8) is 0 Å². The average molecular weight is 283 g/mol. The third kappa shape index (κ3) is 2.73. The van der Waals surface area contributed by atoms with Gasteiger partial charge in [0.05, 0.1) is 13.2 Å². The SMILES string of the molecule is CCOC1CC(NC(C(=O)OC)C(C)C)C12CCCC2. The van der Waals surface area contributed by atoms with Crippen molar-refractivity contribution in [2.24, 2.45) is 11.3 Å². The molecule has 0 aromatic carbocycles. The summed E-state index contributed by atoms with van der Waals surface area (Å²) < 4.78 is 10.9. The Morgan fingerprint density at radius 1 is 1.35 bits per heavy atom. The molecule has 0 heterocycles. The third-order valence-electron chi connectivity index (χ3n) is 5.19. The molecule has 0 aliphatic heterocycles. The lowest BCUT2D eigenvalue weighted by atomic mass is 9.60. The van der Waals surface area contributed by atoms with Crippen LogP contribution >= 0.6 is 0 Å². The maximum atomic E-state index is 11.9. The quantitative estimate of drug-likeness (QED) is 0.761. The van der Waals surface area contributed by atoms with E-state index in [2.05, 4.69) is 26.1 Å². The maximum Gasteiger partial charge on any atom is 0.323 e. The number of esters is 1. The Hall–Kier alpha value is -0.610. The summed E-state index contributed by atoms with van der Waals surface area (Å²) in [5.41, 5.74) is 0.261. The summed E-state index contributed by atoms with van der Waals surface area (Å²) in [7, 11) is 1.47. The van der Waals surface area contributed by atoms with Crippen LogP contribution in [0.5, 0.6) is 0 Å². The fraction of sp³-hybridized carbons (Fsp3) is 0.938. The predicted octanol–water partition coefficient (Wildman–Crippen LogP) is 2.51. The number of hydrogen-bond acceptors (Lipinski definition) is 4. The van der Waals surface area contributed by atoms with Crippen molar-refractivity contribution in [3.05, 3.63) is 0 Å². The Morgan fingerprint density at radius 2 is 2.00 bits per heavy atom. The first-order valence-corrected chi connectivity index (χ1v) is 8.00. The molecule has 2 aliphatic rings. The Kier molecular flexibility index (Phi) is 5.08. The van der Waals surface area contributed by atoms with Crippen LogP contribution in [0.4, 0.5) is 0 Å². The van der Waals surface area contributed by atoms with E-state index in [1.165, 1.54) is 32.8 Å². The van der Waals surface area contributed by atoms with Crippen molar-refractivity contribution in [1.29, 1.82) is 0 Å². The summed E-state index contributed by atoms with van der Waals surface area (Å²) in [6.07, 6.45) is 6.41. The molecule has 3 atom stereocenters. The molecule has 0 saturated heterocycles. The van der Waals surface area contributed by atoms with Crippen LogP contribution in [0.3, 0.4) is 0 Å². The zero-order valence-electron chi connectivity index (χ0n) is 13.3. The van der Waals surface area contributed by atoms with E-state index >= 15 is 0 Å². The Labute approximate surface area is 122 Å². The largest absolute Gasteiger partial charge is 0.468 e. The number of rotatable bonds is 6. The van der Waals surface area contributed by atoms with Gasteiger partial charge < -0.3 is 14.8 Å². The van der Waals surface area contributed by atoms with E-state index in [9.17, 15) is 4.79 Å². The highest BCUT2D eigenvalue weighted by Crippen LogP contribution is 2.54. The normalized spacial score (nSPS) is 29.4. The van der Waals surface area contributed by atoms with Gasteiger partial charge in [-0.2, -0.15) is 0 Å². The Balaban J connectivity index is 2.03. The minimum atomic E-state index is -0.204. The molecule has 2 aliphatic carbocycles. The first-order valence-electron chi connectivity index (χ1n) is 8.00. The standard InChI is InChI=1S/C16H29NO3/c1-5-20-13-10-12(16(13)8-6-7-9-16)17-14(11(2)3)15(18)19-4/h11-14,17H,5-10H2,1-4H3. The second-order valence-electron chi connectivity index (χ2n) is 6.58. The molecule has 1 N–H and O–H groups in total. The zero-order valence-corrected chi connectivity index (χ0v) is 13.3. The molecular weight excluding hydrogens is 254 g/mol. The minimum Gasteiger partial charge on any atom is -0.468 e. The molecule has 2 fully saturated rings. The third-order valence-corrected chi connectivity index (χ3v) is 5.19. The van der Waals surface area contributed by atoms with Crippen LogP contribution in [-0.2, 0) is 14.3 Å². The molecule has 0 aromatic rings. The van der Waals surface area contributed by atoms with Crippen LogP contribution in [0.1, 0.15) is 52.9 Å². The van der Waals surface area contributed by atoms with Crippen LogP contribution < -0.4 is 5.32 Å². The topological polar surface area (TPSA) is 47.6 Å². The molecule has 0 aromatic heterocycles. The van der Waals surface area contributed by atoms with Gasteiger partial charge in [0.1, 0.15) is 6.04 Å². The van der Waals surface area contributed by atoms with Gasteiger partial charge in [-0.05, 0) is 32.1 Å². The van der Waals surface area contributed by atoms with E-state index in [-0.39, 0.29) is 23.3 Å². The van der Waals surface area contributed by atoms with Gasteiger partial charge in [0.2, 0.25) is 0 Å². The molecule has 3 unspecified atom stereocenters. The molecular formula is C16H29NO3. The molecule has 1 spiro atoms. The number of ether oxygens (including phenoxy) is 2. The summed E-state index contributed by atoms with van der Waals surface area (Å²) in [6, 6.07) is 0.193. The molecule has 0 radical (unpaired) electrons. The van der Waals surface area contributed by atoms with Gasteiger partial charge in [0.25, 0.3) is 0 Å². The molecule has 2 saturated carbocycles. The molecule has 0 amide bonds. The van der Waals surface area contributed by atoms with Gasteiger partial charge in [0.15, 0.2) is 0 Å². The maximum absolute atomic E-state index is 11.9. The van der Waals surface area contributed by atoms with Gasteiger partial charge in [-0.15, -0.1) is 0 Å². The number of carbonyl (C=O) groups excluding carboxylic acids is 1. The van der Waals surface area contributed by atoms with E-state index in [0.717, 1.165) is 13.0 Å². The van der Waals surface area contributed by atoms with Crippen LogP contribution in [-0.4, -0.2) is 37.9 Å². The lowest BCUT2D eigenvalue weighted by molar-refractivity contribution is -0.152. The summed E-state index contributed by atoms with van der Waals surface area (Å²) in [5, 5.41) is 3.57. The average Bonchev–Trinajstić information content (AvgIpc) is 2.93. The summed E-state index contributed by atoms with van der Waals surface area (Å²) in [5.74, 6) is 0.0973. The highest BCUT2D eigenvalue weighted by atomic mass is 16.5. The zero-order chi connectivity index (χ0) is 14.8. The molecule has 2 rings (SSSR count). The molecule has 4 nitrogen and oxygen atoms in total. The van der Waals surface area contributed by atoms with Crippen LogP contribution in [0.2, 0.25) is 0 Å². The van der Waals surface area contributed by atoms with Crippen molar-refractivity contribution in [1.82, 2.24) is 5.32 Å². The van der Waals surface area contributed by atoms with Crippen molar-refractivity contribution < 1.29 is 14.3 Å². The molecule has 20 heavy (non-hydrogen) atoms. The molecule has 116 valence electrons. The monoisotopic (exact) mass is 283 g/mol. The fourth-order valence-electron chi connectivity index (χ4n) is 4.00. The Bertz CT molecular complexity index is 337. The summed E-state index contributed by atoms with van der Waals surface area (Å²) in [6.45, 7) is 6.97. The second kappa shape index (κ2) is 6.44. The van der Waals surface area contributed by atoms with Crippen molar-refractivity contribution in [2.45, 2.75) is 71.1 Å². The van der Waals surface area contributed by atoms with Gasteiger partial charge in [-0.3, -0.25) is 4.79 Å². The first-order chi connectivity index (χ1) is 9.55. The van der Waals surface area contributed by atoms with Crippen molar-refractivity contribution in [3.8, 4) is 0 Å². The van der Waals surface area contributed by atoms with E-state index in [1.54, 1.807) is 0 Å². The van der Waals surface area contributed by atoms with Gasteiger partial charge >= 0.3 is 5.97 Å². The van der Waals surface area contributed by atoms with Gasteiger partial charge in [-0.1, -0.05) is 26.7 Å². The summed E-state index contributed by atoms with van der Waals surface area (Å²) in [4.78, 5) is 11.9. The smallest absolute Gasteiger partial charge is 0.323 e. The number of nitrogens with one attached hydrogen (secondary N) is 1. The number of methoxy groups -OCH3 is 1. The number of carbonyl (C=O) groups is 1. The van der Waals surface area contributed by atoms with Crippen molar-refractivity contribution >= 4 is 5.97 Å². The van der Waals surface area contributed by atoms with E-state index in [1.807, 2.05) is 0 Å². The Morgan fingerprint density at radius 3 is 2.50 bits per heavy atom. The highest BCUT2D eigenvalue weighted by molar-refractivity contribution is 5.76. The van der Waals surface area contributed by atoms with Gasteiger partial charge in [-0.25, -0.2) is 0 Å². The van der Waals surface area contributed by atoms with E-state index in [4.69, 9.17) is 9.47 Å². The minimum absolute atomic E-state index is 0.145. The fourth-order valence-corrected chi connectivity index (χ4v) is 4.00. The predicted molar refractivity (Wildman–Crippen MR) is 78.5 cm³/mol.